The number of anilines is 3. The second-order valence-electron chi connectivity index (χ2n) is 7.37. The summed E-state index contributed by atoms with van der Waals surface area (Å²) in [6, 6.07) is 22.0. The Balaban J connectivity index is 1.67. The molecule has 0 bridgehead atoms. The lowest BCUT2D eigenvalue weighted by Gasteiger charge is -2.19. The maximum absolute atomic E-state index is 12.9. The number of nitriles is 1. The molecule has 0 saturated carbocycles. The number of carbonyl (C=O) groups is 2. The summed E-state index contributed by atoms with van der Waals surface area (Å²) >= 11 is 0. The molecule has 0 saturated heterocycles. The molecule has 8 heteroatoms. The number of benzene rings is 3. The zero-order valence-electron chi connectivity index (χ0n) is 18.4. The number of amides is 2. The Morgan fingerprint density at radius 2 is 1.71 bits per heavy atom. The van der Waals surface area contributed by atoms with Crippen LogP contribution in [-0.4, -0.2) is 30.1 Å². The Kier molecular flexibility index (Phi) is 8.52. The lowest BCUT2D eigenvalue weighted by Crippen LogP contribution is -2.34. The molecular formula is C26H25N5O3. The zero-order chi connectivity index (χ0) is 24.3. The molecule has 8 nitrogen and oxygen atoms in total. The number of nitrogens with zero attached hydrogens (tertiary/aromatic N) is 1. The van der Waals surface area contributed by atoms with E-state index in [4.69, 9.17) is 11.0 Å². The van der Waals surface area contributed by atoms with E-state index in [2.05, 4.69) is 16.0 Å². The van der Waals surface area contributed by atoms with E-state index in [1.54, 1.807) is 78.9 Å². The number of nitrogens with two attached hydrogens (primary N) is 1. The lowest BCUT2D eigenvalue weighted by molar-refractivity contribution is -0.118. The molecule has 34 heavy (non-hydrogen) atoms. The van der Waals surface area contributed by atoms with Gasteiger partial charge in [0.15, 0.2) is 0 Å². The van der Waals surface area contributed by atoms with Crippen molar-refractivity contribution in [1.82, 2.24) is 5.32 Å². The van der Waals surface area contributed by atoms with Gasteiger partial charge in [0.2, 0.25) is 11.8 Å². The molecule has 0 aliphatic heterocycles. The molecule has 0 fully saturated rings. The predicted octanol–water partition coefficient (Wildman–Crippen LogP) is 3.05. The van der Waals surface area contributed by atoms with Gasteiger partial charge in [0, 0.05) is 18.3 Å². The summed E-state index contributed by atoms with van der Waals surface area (Å²) in [4.78, 5) is 25.1. The molecule has 3 aromatic carbocycles. The summed E-state index contributed by atoms with van der Waals surface area (Å²) in [7, 11) is 0. The van der Waals surface area contributed by atoms with Gasteiger partial charge >= 0.3 is 0 Å². The van der Waals surface area contributed by atoms with Crippen LogP contribution >= 0.6 is 0 Å². The number of hydrogen-bond acceptors (Lipinski definition) is 6. The van der Waals surface area contributed by atoms with E-state index in [1.807, 2.05) is 6.07 Å². The van der Waals surface area contributed by atoms with Crippen LogP contribution in [-0.2, 0) is 9.59 Å². The Labute approximate surface area is 197 Å². The largest absolute Gasteiger partial charge is 0.397 e. The van der Waals surface area contributed by atoms with Crippen molar-refractivity contribution in [2.24, 2.45) is 0 Å². The summed E-state index contributed by atoms with van der Waals surface area (Å²) in [6.07, 6.45) is 3.06. The molecule has 1 atom stereocenters. The Morgan fingerprint density at radius 1 is 1.00 bits per heavy atom. The van der Waals surface area contributed by atoms with Gasteiger partial charge in [-0.1, -0.05) is 36.4 Å². The van der Waals surface area contributed by atoms with Crippen molar-refractivity contribution in [1.29, 1.82) is 5.26 Å². The smallest absolute Gasteiger partial charge is 0.248 e. The van der Waals surface area contributed by atoms with Gasteiger partial charge in [0.25, 0.3) is 0 Å². The molecule has 172 valence electrons. The number of rotatable bonds is 9. The van der Waals surface area contributed by atoms with E-state index >= 15 is 0 Å². The van der Waals surface area contributed by atoms with Crippen molar-refractivity contribution in [3.8, 4) is 6.07 Å². The normalized spacial score (nSPS) is 11.5. The number of nitrogen functional groups attached to an aromatic ring is 1. The standard InChI is InChI=1S/C26H25N5O3/c27-17-19-7-12-21(13-8-19)30-26(34)25(29-15-16-32)20-10-5-18(6-11-20)9-14-24(33)31-23-4-2-1-3-22(23)28/h1-14,25,29,32H,15-16,28H2,(H,30,34)(H,31,33). The molecule has 0 aliphatic carbocycles. The highest BCUT2D eigenvalue weighted by Gasteiger charge is 2.20. The Morgan fingerprint density at radius 3 is 2.35 bits per heavy atom. The third-order valence-electron chi connectivity index (χ3n) is 4.92. The van der Waals surface area contributed by atoms with Gasteiger partial charge < -0.3 is 21.5 Å². The maximum Gasteiger partial charge on any atom is 0.248 e. The molecule has 0 radical (unpaired) electrons. The van der Waals surface area contributed by atoms with Crippen molar-refractivity contribution < 1.29 is 14.7 Å². The van der Waals surface area contributed by atoms with Crippen molar-refractivity contribution in [3.05, 3.63) is 95.6 Å². The SMILES string of the molecule is N#Cc1ccc(NC(=O)C(NCCO)c2ccc(C=CC(=O)Nc3ccccc3N)cc2)cc1. The third kappa shape index (κ3) is 6.77. The Hall–Kier alpha value is -4.45. The number of carbonyl (C=O) groups excluding carboxylic acids is 2. The molecular weight excluding hydrogens is 430 g/mol. The molecule has 2 amide bonds. The molecule has 0 aromatic heterocycles. The molecule has 3 aromatic rings. The van der Waals surface area contributed by atoms with Crippen LogP contribution in [0.2, 0.25) is 0 Å². The van der Waals surface area contributed by atoms with E-state index in [9.17, 15) is 14.7 Å². The molecule has 6 N–H and O–H groups in total. The first-order valence-corrected chi connectivity index (χ1v) is 10.6. The lowest BCUT2D eigenvalue weighted by atomic mass is 10.0. The molecule has 0 heterocycles. The topological polar surface area (TPSA) is 140 Å². The van der Waals surface area contributed by atoms with Gasteiger partial charge in [0.05, 0.1) is 29.6 Å². The van der Waals surface area contributed by atoms with E-state index in [0.717, 1.165) is 5.56 Å². The second-order valence-corrected chi connectivity index (χ2v) is 7.37. The van der Waals surface area contributed by atoms with E-state index in [-0.39, 0.29) is 25.0 Å². The van der Waals surface area contributed by atoms with Gasteiger partial charge in [-0.25, -0.2) is 0 Å². The third-order valence-corrected chi connectivity index (χ3v) is 4.92. The van der Waals surface area contributed by atoms with E-state index < -0.39 is 6.04 Å². The monoisotopic (exact) mass is 455 g/mol. The van der Waals surface area contributed by atoms with Crippen LogP contribution in [0.4, 0.5) is 17.1 Å². The van der Waals surface area contributed by atoms with Crippen molar-refractivity contribution in [2.45, 2.75) is 6.04 Å². The molecule has 0 spiro atoms. The minimum atomic E-state index is -0.704. The average molecular weight is 456 g/mol. The summed E-state index contributed by atoms with van der Waals surface area (Å²) < 4.78 is 0. The highest BCUT2D eigenvalue weighted by Crippen LogP contribution is 2.19. The van der Waals surface area contributed by atoms with E-state index in [1.165, 1.54) is 6.08 Å². The second kappa shape index (κ2) is 12.0. The van der Waals surface area contributed by atoms with Gasteiger partial charge in [-0.2, -0.15) is 5.26 Å². The quantitative estimate of drug-likeness (QED) is 0.248. The molecule has 3 rings (SSSR count). The van der Waals surface area contributed by atoms with Crippen LogP contribution < -0.4 is 21.7 Å². The van der Waals surface area contributed by atoms with Crippen molar-refractivity contribution in [2.75, 3.05) is 29.5 Å². The number of para-hydroxylation sites is 2. The van der Waals surface area contributed by atoms with Crippen LogP contribution in [0.1, 0.15) is 22.7 Å². The number of nitrogens with one attached hydrogen (secondary N) is 3. The van der Waals surface area contributed by atoms with Crippen LogP contribution in [0.25, 0.3) is 6.08 Å². The fourth-order valence-electron chi connectivity index (χ4n) is 3.17. The fraction of sp³-hybridized carbons (Fsp3) is 0.115. The fourth-order valence-corrected chi connectivity index (χ4v) is 3.17. The van der Waals surface area contributed by atoms with Crippen LogP contribution in [0.5, 0.6) is 0 Å². The van der Waals surface area contributed by atoms with Gasteiger partial charge in [-0.05, 0) is 53.6 Å². The van der Waals surface area contributed by atoms with Crippen LogP contribution in [0, 0.1) is 11.3 Å². The zero-order valence-corrected chi connectivity index (χ0v) is 18.4. The van der Waals surface area contributed by atoms with Crippen LogP contribution in [0.15, 0.2) is 78.9 Å². The minimum Gasteiger partial charge on any atom is -0.397 e. The summed E-state index contributed by atoms with van der Waals surface area (Å²) in [5, 5.41) is 26.7. The highest BCUT2D eigenvalue weighted by atomic mass is 16.3. The summed E-state index contributed by atoms with van der Waals surface area (Å²) in [5.41, 5.74) is 9.38. The molecule has 1 unspecified atom stereocenters. The number of aliphatic hydroxyl groups is 1. The maximum atomic E-state index is 12.9. The summed E-state index contributed by atoms with van der Waals surface area (Å²) in [5.74, 6) is -0.618. The first-order valence-electron chi connectivity index (χ1n) is 10.6. The summed E-state index contributed by atoms with van der Waals surface area (Å²) in [6.45, 7) is 0.110. The highest BCUT2D eigenvalue weighted by molar-refractivity contribution is 6.03. The van der Waals surface area contributed by atoms with Gasteiger partial charge in [-0.15, -0.1) is 0 Å². The van der Waals surface area contributed by atoms with Gasteiger partial charge in [-0.3, -0.25) is 14.9 Å². The predicted molar refractivity (Wildman–Crippen MR) is 133 cm³/mol. The van der Waals surface area contributed by atoms with Crippen molar-refractivity contribution in [3.63, 3.8) is 0 Å². The van der Waals surface area contributed by atoms with Crippen LogP contribution in [0.3, 0.4) is 0 Å². The van der Waals surface area contributed by atoms with Gasteiger partial charge in [0.1, 0.15) is 6.04 Å². The Bertz CT molecular complexity index is 1200. The number of aliphatic hydroxyl groups excluding tert-OH is 1. The minimum absolute atomic E-state index is 0.123. The van der Waals surface area contributed by atoms with E-state index in [0.29, 0.717) is 28.2 Å². The van der Waals surface area contributed by atoms with Crippen molar-refractivity contribution >= 4 is 35.0 Å². The average Bonchev–Trinajstić information content (AvgIpc) is 2.85. The molecule has 0 aliphatic rings. The number of hydrogen-bond donors (Lipinski definition) is 5. The first-order chi connectivity index (χ1) is 16.5. The first kappa shape index (κ1) is 24.2.